The van der Waals surface area contributed by atoms with Crippen molar-refractivity contribution in [2.24, 2.45) is 0 Å². The van der Waals surface area contributed by atoms with E-state index in [1.165, 1.54) is 14.2 Å². The average molecular weight is 292 g/mol. The molecule has 0 bridgehead atoms. The first-order valence-electron chi connectivity index (χ1n) is 6.12. The number of hydrogen-bond acceptors (Lipinski definition) is 5. The summed E-state index contributed by atoms with van der Waals surface area (Å²) < 4.78 is 10.4. The molecule has 5 nitrogen and oxygen atoms in total. The molecule has 1 aromatic heterocycles. The number of amides is 1. The Balaban J connectivity index is 2.04. The second-order valence-corrected chi connectivity index (χ2v) is 4.74. The van der Waals surface area contributed by atoms with Crippen molar-refractivity contribution in [1.82, 2.24) is 10.3 Å². The summed E-state index contributed by atoms with van der Waals surface area (Å²) in [7, 11) is 3.06. The fourth-order valence-corrected chi connectivity index (χ4v) is 2.42. The highest BCUT2D eigenvalue weighted by molar-refractivity contribution is 7.07. The van der Waals surface area contributed by atoms with Crippen molar-refractivity contribution in [3.05, 3.63) is 40.3 Å². The van der Waals surface area contributed by atoms with Gasteiger partial charge >= 0.3 is 0 Å². The van der Waals surface area contributed by atoms with Crippen molar-refractivity contribution in [1.29, 1.82) is 0 Å². The molecule has 0 saturated heterocycles. The molecule has 6 heteroatoms. The van der Waals surface area contributed by atoms with E-state index >= 15 is 0 Å². The van der Waals surface area contributed by atoms with Crippen LogP contribution < -0.4 is 14.8 Å². The SMILES string of the molecule is COc1cccc(OC)c1C(=O)NCCc1cscn1. The quantitative estimate of drug-likeness (QED) is 0.886. The number of benzene rings is 1. The largest absolute Gasteiger partial charge is 0.496 e. The van der Waals surface area contributed by atoms with E-state index in [0.717, 1.165) is 5.69 Å². The van der Waals surface area contributed by atoms with E-state index in [1.807, 2.05) is 5.38 Å². The normalized spacial score (nSPS) is 10.1. The number of ether oxygens (including phenoxy) is 2. The van der Waals surface area contributed by atoms with Gasteiger partial charge in [0.25, 0.3) is 5.91 Å². The van der Waals surface area contributed by atoms with Gasteiger partial charge in [0.05, 0.1) is 25.4 Å². The Labute approximate surface area is 121 Å². The lowest BCUT2D eigenvalue weighted by Gasteiger charge is -2.12. The van der Waals surface area contributed by atoms with Crippen LogP contribution in [-0.2, 0) is 6.42 Å². The summed E-state index contributed by atoms with van der Waals surface area (Å²) in [6.07, 6.45) is 0.701. The molecule has 0 fully saturated rings. The van der Waals surface area contributed by atoms with Gasteiger partial charge < -0.3 is 14.8 Å². The molecule has 2 rings (SSSR count). The zero-order valence-electron chi connectivity index (χ0n) is 11.4. The molecule has 0 radical (unpaired) electrons. The van der Waals surface area contributed by atoms with Crippen LogP contribution in [0.2, 0.25) is 0 Å². The van der Waals surface area contributed by atoms with Crippen LogP contribution in [-0.4, -0.2) is 31.7 Å². The molecule has 0 saturated carbocycles. The topological polar surface area (TPSA) is 60.5 Å². The fraction of sp³-hybridized carbons (Fsp3) is 0.286. The third-order valence-electron chi connectivity index (χ3n) is 2.81. The summed E-state index contributed by atoms with van der Waals surface area (Å²) in [6, 6.07) is 5.25. The van der Waals surface area contributed by atoms with Gasteiger partial charge in [0.15, 0.2) is 0 Å². The van der Waals surface area contributed by atoms with Gasteiger partial charge in [0, 0.05) is 18.3 Å². The standard InChI is InChI=1S/C14H16N2O3S/c1-18-11-4-3-5-12(19-2)13(11)14(17)15-7-6-10-8-20-9-16-10/h3-5,8-9H,6-7H2,1-2H3,(H,15,17). The van der Waals surface area contributed by atoms with Gasteiger partial charge in [-0.3, -0.25) is 4.79 Å². The number of aromatic nitrogens is 1. The van der Waals surface area contributed by atoms with Crippen molar-refractivity contribution in [3.8, 4) is 11.5 Å². The Morgan fingerprint density at radius 2 is 2.00 bits per heavy atom. The first-order valence-corrected chi connectivity index (χ1v) is 7.06. The Morgan fingerprint density at radius 3 is 2.55 bits per heavy atom. The molecule has 106 valence electrons. The van der Waals surface area contributed by atoms with Crippen LogP contribution in [0.1, 0.15) is 16.1 Å². The lowest BCUT2D eigenvalue weighted by molar-refractivity contribution is 0.0948. The second-order valence-electron chi connectivity index (χ2n) is 4.02. The van der Waals surface area contributed by atoms with Crippen molar-refractivity contribution in [2.45, 2.75) is 6.42 Å². The summed E-state index contributed by atoms with van der Waals surface area (Å²) in [5.74, 6) is 0.778. The van der Waals surface area contributed by atoms with Crippen molar-refractivity contribution < 1.29 is 14.3 Å². The van der Waals surface area contributed by atoms with Gasteiger partial charge in [-0.1, -0.05) is 6.07 Å². The molecular formula is C14H16N2O3S. The van der Waals surface area contributed by atoms with E-state index in [4.69, 9.17) is 9.47 Å². The molecular weight excluding hydrogens is 276 g/mol. The first kappa shape index (κ1) is 14.3. The van der Waals surface area contributed by atoms with Crippen LogP contribution in [0.4, 0.5) is 0 Å². The smallest absolute Gasteiger partial charge is 0.258 e. The zero-order valence-corrected chi connectivity index (χ0v) is 12.2. The number of rotatable bonds is 6. The van der Waals surface area contributed by atoms with Crippen LogP contribution in [0.15, 0.2) is 29.1 Å². The van der Waals surface area contributed by atoms with E-state index in [1.54, 1.807) is 35.0 Å². The highest BCUT2D eigenvalue weighted by Crippen LogP contribution is 2.27. The first-order chi connectivity index (χ1) is 9.76. The monoisotopic (exact) mass is 292 g/mol. The highest BCUT2D eigenvalue weighted by Gasteiger charge is 2.17. The maximum atomic E-state index is 12.2. The van der Waals surface area contributed by atoms with Crippen LogP contribution in [0, 0.1) is 0 Å². The minimum absolute atomic E-state index is 0.213. The van der Waals surface area contributed by atoms with Crippen LogP contribution in [0.25, 0.3) is 0 Å². The number of methoxy groups -OCH3 is 2. The molecule has 0 aliphatic rings. The molecule has 1 aromatic carbocycles. The molecule has 0 unspecified atom stereocenters. The number of nitrogens with one attached hydrogen (secondary N) is 1. The number of nitrogens with zero attached hydrogens (tertiary/aromatic N) is 1. The Kier molecular flexibility index (Phi) is 4.95. The number of thiazole rings is 1. The second kappa shape index (κ2) is 6.91. The number of carbonyl (C=O) groups excluding carboxylic acids is 1. The van der Waals surface area contributed by atoms with E-state index in [9.17, 15) is 4.79 Å². The minimum Gasteiger partial charge on any atom is -0.496 e. The van der Waals surface area contributed by atoms with E-state index in [2.05, 4.69) is 10.3 Å². The average Bonchev–Trinajstić information content (AvgIpc) is 2.99. The van der Waals surface area contributed by atoms with Gasteiger partial charge in [-0.15, -0.1) is 11.3 Å². The lowest BCUT2D eigenvalue weighted by Crippen LogP contribution is -2.26. The summed E-state index contributed by atoms with van der Waals surface area (Å²) in [5, 5.41) is 4.82. The fourth-order valence-electron chi connectivity index (χ4n) is 1.83. The molecule has 0 aliphatic heterocycles. The molecule has 0 spiro atoms. The molecule has 2 aromatic rings. The van der Waals surface area contributed by atoms with E-state index < -0.39 is 0 Å². The van der Waals surface area contributed by atoms with Crippen LogP contribution in [0.5, 0.6) is 11.5 Å². The predicted molar refractivity (Wildman–Crippen MR) is 77.7 cm³/mol. The van der Waals surface area contributed by atoms with Gasteiger partial charge in [-0.05, 0) is 12.1 Å². The summed E-state index contributed by atoms with van der Waals surface area (Å²) in [4.78, 5) is 16.4. The number of hydrogen-bond donors (Lipinski definition) is 1. The maximum Gasteiger partial charge on any atom is 0.258 e. The number of carbonyl (C=O) groups is 1. The van der Waals surface area contributed by atoms with Gasteiger partial charge in [-0.25, -0.2) is 4.98 Å². The van der Waals surface area contributed by atoms with E-state index in [-0.39, 0.29) is 5.91 Å². The van der Waals surface area contributed by atoms with Gasteiger partial charge in [-0.2, -0.15) is 0 Å². The van der Waals surface area contributed by atoms with Crippen molar-refractivity contribution in [3.63, 3.8) is 0 Å². The van der Waals surface area contributed by atoms with Gasteiger partial charge in [0.1, 0.15) is 17.1 Å². The lowest BCUT2D eigenvalue weighted by atomic mass is 10.1. The molecule has 0 aliphatic carbocycles. The molecule has 1 amide bonds. The maximum absolute atomic E-state index is 12.2. The van der Waals surface area contributed by atoms with E-state index in [0.29, 0.717) is 30.0 Å². The summed E-state index contributed by atoms with van der Waals surface area (Å²) >= 11 is 1.54. The Morgan fingerprint density at radius 1 is 1.30 bits per heavy atom. The third kappa shape index (κ3) is 3.27. The van der Waals surface area contributed by atoms with Crippen LogP contribution >= 0.6 is 11.3 Å². The van der Waals surface area contributed by atoms with Crippen molar-refractivity contribution >= 4 is 17.2 Å². The molecule has 1 heterocycles. The van der Waals surface area contributed by atoms with Crippen molar-refractivity contribution in [2.75, 3.05) is 20.8 Å². The highest BCUT2D eigenvalue weighted by atomic mass is 32.1. The summed E-state index contributed by atoms with van der Waals surface area (Å²) in [6.45, 7) is 0.518. The molecule has 20 heavy (non-hydrogen) atoms. The summed E-state index contributed by atoms with van der Waals surface area (Å²) in [5.41, 5.74) is 3.17. The zero-order chi connectivity index (χ0) is 14.4. The van der Waals surface area contributed by atoms with Crippen LogP contribution in [0.3, 0.4) is 0 Å². The van der Waals surface area contributed by atoms with Gasteiger partial charge in [0.2, 0.25) is 0 Å². The third-order valence-corrected chi connectivity index (χ3v) is 3.44. The minimum atomic E-state index is -0.213. The molecule has 1 N–H and O–H groups in total. The predicted octanol–water partition coefficient (Wildman–Crippen LogP) is 2.13. The Bertz CT molecular complexity index is 548. The Hall–Kier alpha value is -2.08. The molecule has 0 atom stereocenters.